The minimum atomic E-state index is 0.167. The number of thiophene rings is 1. The molecule has 0 amide bonds. The van der Waals surface area contributed by atoms with Crippen molar-refractivity contribution in [2.45, 2.75) is 45.6 Å². The SMILES string of the molecule is Cc1csc2cc(C(=O)C[C@@H]3C4CCN(CC4)C3(C)C)ccc12. The van der Waals surface area contributed by atoms with Gasteiger partial charge >= 0.3 is 0 Å². The summed E-state index contributed by atoms with van der Waals surface area (Å²) in [4.78, 5) is 15.5. The Bertz CT molecular complexity index is 752. The van der Waals surface area contributed by atoms with E-state index >= 15 is 0 Å². The Morgan fingerprint density at radius 2 is 2.04 bits per heavy atom. The van der Waals surface area contributed by atoms with Gasteiger partial charge < -0.3 is 0 Å². The van der Waals surface area contributed by atoms with Gasteiger partial charge in [0, 0.05) is 22.2 Å². The lowest BCUT2D eigenvalue weighted by Gasteiger charge is -2.56. The zero-order chi connectivity index (χ0) is 16.2. The zero-order valence-corrected chi connectivity index (χ0v) is 15.1. The molecule has 3 fully saturated rings. The van der Waals surface area contributed by atoms with Crippen molar-refractivity contribution in [2.24, 2.45) is 11.8 Å². The first-order chi connectivity index (χ1) is 11.0. The first-order valence-electron chi connectivity index (χ1n) is 8.73. The van der Waals surface area contributed by atoms with Crippen LogP contribution in [0.3, 0.4) is 0 Å². The van der Waals surface area contributed by atoms with E-state index < -0.39 is 0 Å². The molecular weight excluding hydrogens is 302 g/mol. The van der Waals surface area contributed by atoms with Crippen LogP contribution in [0, 0.1) is 18.8 Å². The molecule has 0 radical (unpaired) electrons. The first kappa shape index (κ1) is 15.3. The molecule has 1 atom stereocenters. The Morgan fingerprint density at radius 3 is 2.74 bits per heavy atom. The van der Waals surface area contributed by atoms with E-state index in [1.54, 1.807) is 11.3 Å². The average molecular weight is 327 g/mol. The van der Waals surface area contributed by atoms with E-state index in [1.807, 2.05) is 6.07 Å². The molecule has 0 N–H and O–H groups in total. The van der Waals surface area contributed by atoms with Gasteiger partial charge in [0.05, 0.1) is 0 Å². The standard InChI is InChI=1S/C20H25NOS/c1-13-12-23-19-10-15(4-5-16(13)19)18(22)11-17-14-6-8-21(9-7-14)20(17,2)3/h4-5,10,12,14,17H,6-9,11H2,1-3H3/t17-/m1/s1. The van der Waals surface area contributed by atoms with Gasteiger partial charge in [-0.1, -0.05) is 12.1 Å². The van der Waals surface area contributed by atoms with E-state index in [2.05, 4.69) is 43.2 Å². The number of rotatable bonds is 3. The first-order valence-corrected chi connectivity index (χ1v) is 9.61. The predicted octanol–water partition coefficient (Wildman–Crippen LogP) is 4.90. The topological polar surface area (TPSA) is 20.3 Å². The van der Waals surface area contributed by atoms with Crippen molar-refractivity contribution < 1.29 is 4.79 Å². The summed E-state index contributed by atoms with van der Waals surface area (Å²) in [5.41, 5.74) is 2.37. The Hall–Kier alpha value is -1.19. The maximum Gasteiger partial charge on any atom is 0.163 e. The van der Waals surface area contributed by atoms with Crippen molar-refractivity contribution in [2.75, 3.05) is 13.1 Å². The van der Waals surface area contributed by atoms with Crippen LogP contribution in [0.1, 0.15) is 49.0 Å². The van der Waals surface area contributed by atoms with Gasteiger partial charge in [-0.25, -0.2) is 0 Å². The van der Waals surface area contributed by atoms with E-state index in [1.165, 1.54) is 41.6 Å². The summed E-state index contributed by atoms with van der Waals surface area (Å²) in [6.07, 6.45) is 3.24. The fourth-order valence-corrected chi connectivity index (χ4v) is 5.74. The van der Waals surface area contributed by atoms with Gasteiger partial charge in [0.25, 0.3) is 0 Å². The van der Waals surface area contributed by atoms with Gasteiger partial charge in [-0.2, -0.15) is 0 Å². The number of piperidine rings is 3. The molecular formula is C20H25NOS. The summed E-state index contributed by atoms with van der Waals surface area (Å²) in [6.45, 7) is 9.23. The number of hydrogen-bond donors (Lipinski definition) is 0. The van der Waals surface area contributed by atoms with E-state index in [0.717, 1.165) is 11.5 Å². The second-order valence-corrected chi connectivity index (χ2v) is 8.75. The normalized spacial score (nSPS) is 29.1. The summed E-state index contributed by atoms with van der Waals surface area (Å²) < 4.78 is 1.24. The van der Waals surface area contributed by atoms with Crippen LogP contribution in [0.15, 0.2) is 23.6 Å². The molecule has 0 saturated carbocycles. The molecule has 2 bridgehead atoms. The van der Waals surface area contributed by atoms with Crippen molar-refractivity contribution in [1.29, 1.82) is 0 Å². The van der Waals surface area contributed by atoms with Crippen molar-refractivity contribution >= 4 is 27.2 Å². The van der Waals surface area contributed by atoms with Gasteiger partial charge in [-0.3, -0.25) is 9.69 Å². The molecule has 2 nitrogen and oxygen atoms in total. The summed E-state index contributed by atoms with van der Waals surface area (Å²) in [6, 6.07) is 6.25. The summed E-state index contributed by atoms with van der Waals surface area (Å²) in [5, 5.41) is 3.46. The van der Waals surface area contributed by atoms with E-state index in [0.29, 0.717) is 18.1 Å². The number of aryl methyl sites for hydroxylation is 1. The maximum atomic E-state index is 12.9. The second kappa shape index (κ2) is 5.42. The molecule has 1 aromatic carbocycles. The molecule has 0 spiro atoms. The van der Waals surface area contributed by atoms with Crippen molar-refractivity contribution in [3.05, 3.63) is 34.7 Å². The number of ketones is 1. The summed E-state index contributed by atoms with van der Waals surface area (Å²) in [7, 11) is 0. The van der Waals surface area contributed by atoms with Gasteiger partial charge in [0.15, 0.2) is 5.78 Å². The Kier molecular flexibility index (Phi) is 3.62. The molecule has 2 aromatic rings. The summed E-state index contributed by atoms with van der Waals surface area (Å²) in [5.74, 6) is 1.55. The van der Waals surface area contributed by atoms with Crippen LogP contribution in [0.5, 0.6) is 0 Å². The van der Waals surface area contributed by atoms with Crippen LogP contribution in [0.4, 0.5) is 0 Å². The van der Waals surface area contributed by atoms with Crippen LogP contribution in [-0.2, 0) is 0 Å². The monoisotopic (exact) mass is 327 g/mol. The highest BCUT2D eigenvalue weighted by molar-refractivity contribution is 7.17. The lowest BCUT2D eigenvalue weighted by Crippen LogP contribution is -2.61. The number of hydrogen-bond acceptors (Lipinski definition) is 3. The fraction of sp³-hybridized carbons (Fsp3) is 0.550. The Morgan fingerprint density at radius 1 is 1.30 bits per heavy atom. The van der Waals surface area contributed by atoms with Gasteiger partial charge in [0.2, 0.25) is 0 Å². The number of carbonyl (C=O) groups excluding carboxylic acids is 1. The predicted molar refractivity (Wildman–Crippen MR) is 97.4 cm³/mol. The van der Waals surface area contributed by atoms with E-state index in [-0.39, 0.29) is 5.54 Å². The van der Waals surface area contributed by atoms with Crippen LogP contribution >= 0.6 is 11.3 Å². The third kappa shape index (κ3) is 2.45. The highest BCUT2D eigenvalue weighted by atomic mass is 32.1. The Labute approximate surface area is 142 Å². The zero-order valence-electron chi connectivity index (χ0n) is 14.3. The molecule has 5 rings (SSSR count). The number of carbonyl (C=O) groups is 1. The molecule has 122 valence electrons. The van der Waals surface area contributed by atoms with Gasteiger partial charge in [0.1, 0.15) is 0 Å². The van der Waals surface area contributed by atoms with E-state index in [4.69, 9.17) is 0 Å². The molecule has 4 heterocycles. The molecule has 3 aliphatic rings. The summed E-state index contributed by atoms with van der Waals surface area (Å²) >= 11 is 1.74. The minimum absolute atomic E-state index is 0.167. The van der Waals surface area contributed by atoms with Crippen LogP contribution in [-0.4, -0.2) is 29.3 Å². The maximum absolute atomic E-state index is 12.9. The Balaban J connectivity index is 1.59. The molecule has 1 aromatic heterocycles. The number of benzene rings is 1. The number of fused-ring (bicyclic) bond motifs is 4. The molecule has 3 heteroatoms. The van der Waals surface area contributed by atoms with Gasteiger partial charge in [-0.05, 0) is 80.9 Å². The molecule has 0 unspecified atom stereocenters. The second-order valence-electron chi connectivity index (χ2n) is 7.84. The minimum Gasteiger partial charge on any atom is -0.298 e. The third-order valence-electron chi connectivity index (χ3n) is 6.33. The van der Waals surface area contributed by atoms with E-state index in [9.17, 15) is 4.79 Å². The lowest BCUT2D eigenvalue weighted by atomic mass is 9.65. The van der Waals surface area contributed by atoms with Crippen molar-refractivity contribution in [1.82, 2.24) is 4.90 Å². The quantitative estimate of drug-likeness (QED) is 0.747. The molecule has 23 heavy (non-hydrogen) atoms. The molecule has 3 saturated heterocycles. The molecule has 0 aliphatic carbocycles. The largest absolute Gasteiger partial charge is 0.298 e. The number of nitrogens with zero attached hydrogens (tertiary/aromatic N) is 1. The smallest absolute Gasteiger partial charge is 0.163 e. The van der Waals surface area contributed by atoms with Crippen LogP contribution in [0.2, 0.25) is 0 Å². The van der Waals surface area contributed by atoms with Crippen LogP contribution < -0.4 is 0 Å². The van der Waals surface area contributed by atoms with Crippen molar-refractivity contribution in [3.63, 3.8) is 0 Å². The highest BCUT2D eigenvalue weighted by Gasteiger charge is 2.47. The molecule has 3 aliphatic heterocycles. The van der Waals surface area contributed by atoms with Crippen molar-refractivity contribution in [3.8, 4) is 0 Å². The van der Waals surface area contributed by atoms with Crippen LogP contribution in [0.25, 0.3) is 10.1 Å². The number of Topliss-reactive ketones (excluding diaryl/α,β-unsaturated/α-hetero) is 1. The highest BCUT2D eigenvalue weighted by Crippen LogP contribution is 2.45. The lowest BCUT2D eigenvalue weighted by molar-refractivity contribution is -0.0643. The third-order valence-corrected chi connectivity index (χ3v) is 7.39. The van der Waals surface area contributed by atoms with Gasteiger partial charge in [-0.15, -0.1) is 11.3 Å². The fourth-order valence-electron chi connectivity index (χ4n) is 4.76. The average Bonchev–Trinajstić information content (AvgIpc) is 2.92.